The van der Waals surface area contributed by atoms with Crippen LogP contribution in [0.25, 0.3) is 0 Å². The molecular formula is C14H24N4O. The monoisotopic (exact) mass is 264 g/mol. The molecule has 0 unspecified atom stereocenters. The first-order valence-electron chi connectivity index (χ1n) is 7.29. The van der Waals surface area contributed by atoms with Gasteiger partial charge in [-0.1, -0.05) is 12.8 Å². The summed E-state index contributed by atoms with van der Waals surface area (Å²) < 4.78 is 0. The molecule has 0 aromatic carbocycles. The minimum Gasteiger partial charge on any atom is -0.338 e. The Morgan fingerprint density at radius 1 is 1.37 bits per heavy atom. The third-order valence-corrected chi connectivity index (χ3v) is 3.73. The van der Waals surface area contributed by atoms with Crippen LogP contribution in [0, 0.1) is 6.92 Å². The van der Waals surface area contributed by atoms with Crippen LogP contribution >= 0.6 is 0 Å². The van der Waals surface area contributed by atoms with E-state index in [0.29, 0.717) is 0 Å². The molecule has 0 aliphatic carbocycles. The molecule has 1 fully saturated rings. The molecule has 1 aliphatic heterocycles. The molecule has 0 saturated carbocycles. The summed E-state index contributed by atoms with van der Waals surface area (Å²) >= 11 is 0. The standard InChI is InChI=1S/C14H24N4O/c1-12-13(11-16-17-12)7-6-8-15-14(19)18-9-4-2-3-5-10-18/h11H,2-10H2,1H3,(H,15,19)(H,16,17). The van der Waals surface area contributed by atoms with Crippen LogP contribution < -0.4 is 5.32 Å². The molecule has 0 atom stereocenters. The summed E-state index contributed by atoms with van der Waals surface area (Å²) in [4.78, 5) is 13.9. The van der Waals surface area contributed by atoms with Crippen LogP contribution in [0.5, 0.6) is 0 Å². The van der Waals surface area contributed by atoms with Crippen molar-refractivity contribution in [1.29, 1.82) is 0 Å². The Labute approximate surface area is 114 Å². The Bertz CT molecular complexity index is 394. The molecular weight excluding hydrogens is 240 g/mol. The first kappa shape index (κ1) is 13.9. The molecule has 2 amide bonds. The molecule has 0 spiro atoms. The number of aromatic amines is 1. The zero-order chi connectivity index (χ0) is 13.5. The Morgan fingerprint density at radius 3 is 2.74 bits per heavy atom. The van der Waals surface area contributed by atoms with Gasteiger partial charge in [-0.2, -0.15) is 5.10 Å². The van der Waals surface area contributed by atoms with Crippen LogP contribution in [-0.2, 0) is 6.42 Å². The lowest BCUT2D eigenvalue weighted by Gasteiger charge is -2.20. The van der Waals surface area contributed by atoms with Crippen LogP contribution in [0.15, 0.2) is 6.20 Å². The molecule has 19 heavy (non-hydrogen) atoms. The van der Waals surface area contributed by atoms with Gasteiger partial charge in [-0.25, -0.2) is 4.79 Å². The van der Waals surface area contributed by atoms with Gasteiger partial charge in [-0.15, -0.1) is 0 Å². The number of carbonyl (C=O) groups is 1. The second-order valence-corrected chi connectivity index (χ2v) is 5.26. The lowest BCUT2D eigenvalue weighted by Crippen LogP contribution is -2.40. The summed E-state index contributed by atoms with van der Waals surface area (Å²) in [6, 6.07) is 0.103. The minimum atomic E-state index is 0.103. The highest BCUT2D eigenvalue weighted by molar-refractivity contribution is 5.74. The number of urea groups is 1. The van der Waals surface area contributed by atoms with Gasteiger partial charge in [0, 0.05) is 25.3 Å². The van der Waals surface area contributed by atoms with Gasteiger partial charge in [0.15, 0.2) is 0 Å². The highest BCUT2D eigenvalue weighted by Crippen LogP contribution is 2.09. The molecule has 2 rings (SSSR count). The van der Waals surface area contributed by atoms with Crippen LogP contribution in [0.2, 0.25) is 0 Å². The molecule has 2 N–H and O–H groups in total. The van der Waals surface area contributed by atoms with Crippen molar-refractivity contribution in [3.05, 3.63) is 17.5 Å². The van der Waals surface area contributed by atoms with Crippen molar-refractivity contribution in [3.63, 3.8) is 0 Å². The lowest BCUT2D eigenvalue weighted by atomic mass is 10.1. The third kappa shape index (κ3) is 4.26. The summed E-state index contributed by atoms with van der Waals surface area (Å²) in [7, 11) is 0. The fourth-order valence-corrected chi connectivity index (χ4v) is 2.49. The van der Waals surface area contributed by atoms with Gasteiger partial charge in [0.1, 0.15) is 0 Å². The van der Waals surface area contributed by atoms with Gasteiger partial charge in [-0.05, 0) is 38.2 Å². The number of nitrogens with one attached hydrogen (secondary N) is 2. The number of likely N-dealkylation sites (tertiary alicyclic amines) is 1. The largest absolute Gasteiger partial charge is 0.338 e. The van der Waals surface area contributed by atoms with E-state index >= 15 is 0 Å². The summed E-state index contributed by atoms with van der Waals surface area (Å²) in [5.41, 5.74) is 2.36. The number of hydrogen-bond donors (Lipinski definition) is 2. The zero-order valence-electron chi connectivity index (χ0n) is 11.7. The molecule has 5 nitrogen and oxygen atoms in total. The fraction of sp³-hybridized carbons (Fsp3) is 0.714. The molecule has 1 aromatic heterocycles. The van der Waals surface area contributed by atoms with E-state index < -0.39 is 0 Å². The number of nitrogens with zero attached hydrogens (tertiary/aromatic N) is 2. The average Bonchev–Trinajstić information content (AvgIpc) is 2.68. The van der Waals surface area contributed by atoms with Gasteiger partial charge < -0.3 is 10.2 Å². The van der Waals surface area contributed by atoms with E-state index in [1.807, 2.05) is 18.0 Å². The highest BCUT2D eigenvalue weighted by atomic mass is 16.2. The van der Waals surface area contributed by atoms with Crippen molar-refractivity contribution in [2.75, 3.05) is 19.6 Å². The normalized spacial score (nSPS) is 16.2. The fourth-order valence-electron chi connectivity index (χ4n) is 2.49. The Balaban J connectivity index is 1.64. The zero-order valence-corrected chi connectivity index (χ0v) is 11.7. The van der Waals surface area contributed by atoms with E-state index in [0.717, 1.165) is 51.0 Å². The molecule has 0 bridgehead atoms. The Kier molecular flexibility index (Phi) is 5.24. The second-order valence-electron chi connectivity index (χ2n) is 5.26. The molecule has 5 heteroatoms. The van der Waals surface area contributed by atoms with E-state index in [4.69, 9.17) is 0 Å². The molecule has 2 heterocycles. The van der Waals surface area contributed by atoms with Crippen molar-refractivity contribution in [2.45, 2.75) is 45.4 Å². The van der Waals surface area contributed by atoms with Gasteiger partial charge in [0.25, 0.3) is 0 Å². The van der Waals surface area contributed by atoms with E-state index in [1.54, 1.807) is 0 Å². The number of aromatic nitrogens is 2. The van der Waals surface area contributed by atoms with E-state index in [-0.39, 0.29) is 6.03 Å². The van der Waals surface area contributed by atoms with Gasteiger partial charge in [0.2, 0.25) is 0 Å². The summed E-state index contributed by atoms with van der Waals surface area (Å²) in [5.74, 6) is 0. The smallest absolute Gasteiger partial charge is 0.317 e. The van der Waals surface area contributed by atoms with Crippen LogP contribution in [-0.4, -0.2) is 40.8 Å². The van der Waals surface area contributed by atoms with Gasteiger partial charge >= 0.3 is 6.03 Å². The summed E-state index contributed by atoms with van der Waals surface area (Å²) in [5, 5.41) is 9.95. The molecule has 1 aliphatic rings. The lowest BCUT2D eigenvalue weighted by molar-refractivity contribution is 0.200. The quantitative estimate of drug-likeness (QED) is 0.819. The van der Waals surface area contributed by atoms with Crippen molar-refractivity contribution in [2.24, 2.45) is 0 Å². The van der Waals surface area contributed by atoms with Crippen molar-refractivity contribution < 1.29 is 4.79 Å². The van der Waals surface area contributed by atoms with E-state index in [9.17, 15) is 4.79 Å². The van der Waals surface area contributed by atoms with Gasteiger partial charge in [-0.3, -0.25) is 5.10 Å². The van der Waals surface area contributed by atoms with Crippen molar-refractivity contribution in [1.82, 2.24) is 20.4 Å². The topological polar surface area (TPSA) is 61.0 Å². The molecule has 1 saturated heterocycles. The first-order valence-corrected chi connectivity index (χ1v) is 7.29. The van der Waals surface area contributed by atoms with Crippen LogP contribution in [0.4, 0.5) is 4.79 Å². The summed E-state index contributed by atoms with van der Waals surface area (Å²) in [6.07, 6.45) is 8.57. The molecule has 1 aromatic rings. The second kappa shape index (κ2) is 7.16. The number of amides is 2. The number of hydrogen-bond acceptors (Lipinski definition) is 2. The van der Waals surface area contributed by atoms with E-state index in [2.05, 4.69) is 15.5 Å². The predicted molar refractivity (Wildman–Crippen MR) is 75.1 cm³/mol. The molecule has 106 valence electrons. The predicted octanol–water partition coefficient (Wildman–Crippen LogP) is 2.24. The van der Waals surface area contributed by atoms with Crippen molar-refractivity contribution in [3.8, 4) is 0 Å². The number of rotatable bonds is 4. The van der Waals surface area contributed by atoms with E-state index in [1.165, 1.54) is 18.4 Å². The maximum atomic E-state index is 12.0. The number of H-pyrrole nitrogens is 1. The number of aryl methyl sites for hydroxylation is 2. The third-order valence-electron chi connectivity index (χ3n) is 3.73. The maximum absolute atomic E-state index is 12.0. The molecule has 0 radical (unpaired) electrons. The Morgan fingerprint density at radius 2 is 2.11 bits per heavy atom. The van der Waals surface area contributed by atoms with Crippen molar-refractivity contribution >= 4 is 6.03 Å². The van der Waals surface area contributed by atoms with Crippen LogP contribution in [0.1, 0.15) is 43.4 Å². The SMILES string of the molecule is Cc1[nH]ncc1CCCNC(=O)N1CCCCCC1. The average molecular weight is 264 g/mol. The Hall–Kier alpha value is -1.52. The highest BCUT2D eigenvalue weighted by Gasteiger charge is 2.14. The minimum absolute atomic E-state index is 0.103. The number of carbonyl (C=O) groups excluding carboxylic acids is 1. The van der Waals surface area contributed by atoms with Crippen LogP contribution in [0.3, 0.4) is 0 Å². The first-order chi connectivity index (χ1) is 9.27. The summed E-state index contributed by atoms with van der Waals surface area (Å²) in [6.45, 7) is 4.58. The maximum Gasteiger partial charge on any atom is 0.317 e. The van der Waals surface area contributed by atoms with Gasteiger partial charge in [0.05, 0.1) is 6.20 Å².